The van der Waals surface area contributed by atoms with Crippen molar-refractivity contribution in [1.29, 1.82) is 0 Å². The zero-order chi connectivity index (χ0) is 9.14. The third kappa shape index (κ3) is 4.55. The first-order valence-electron chi connectivity index (χ1n) is 3.06. The molecule has 68 valence electrons. The summed E-state index contributed by atoms with van der Waals surface area (Å²) in [5.41, 5.74) is -0.140. The number of carbonyl (C=O) groups is 1. The number of aromatic carboxylic acids is 1. The van der Waals surface area contributed by atoms with Gasteiger partial charge in [0.25, 0.3) is 0 Å². The van der Waals surface area contributed by atoms with Crippen LogP contribution >= 0.6 is 0 Å². The SMILES string of the molecule is O=C(O)c1ccccc1S(=O)O.[NaH].[NaH]. The monoisotopic (exact) mass is 234 g/mol. The van der Waals surface area contributed by atoms with E-state index in [9.17, 15) is 9.00 Å². The van der Waals surface area contributed by atoms with E-state index in [0.29, 0.717) is 0 Å². The molecule has 1 aromatic carbocycles. The van der Waals surface area contributed by atoms with Gasteiger partial charge in [-0.15, -0.1) is 0 Å². The quantitative estimate of drug-likeness (QED) is 0.542. The minimum atomic E-state index is -2.24. The summed E-state index contributed by atoms with van der Waals surface area (Å²) in [6.07, 6.45) is 0. The van der Waals surface area contributed by atoms with Gasteiger partial charge in [0.05, 0.1) is 10.5 Å². The molecule has 1 aromatic rings. The molecule has 1 atom stereocenters. The van der Waals surface area contributed by atoms with Crippen molar-refractivity contribution in [1.82, 2.24) is 0 Å². The maximum absolute atomic E-state index is 10.6. The first kappa shape index (κ1) is 17.2. The van der Waals surface area contributed by atoms with Gasteiger partial charge in [-0.05, 0) is 12.1 Å². The molecule has 0 aliphatic rings. The van der Waals surface area contributed by atoms with Gasteiger partial charge in [0.2, 0.25) is 0 Å². The Morgan fingerprint density at radius 3 is 2.07 bits per heavy atom. The van der Waals surface area contributed by atoms with Crippen molar-refractivity contribution in [3.63, 3.8) is 0 Å². The van der Waals surface area contributed by atoms with Gasteiger partial charge in [0.1, 0.15) is 0 Å². The molecule has 0 aliphatic carbocycles. The van der Waals surface area contributed by atoms with Crippen molar-refractivity contribution in [3.8, 4) is 0 Å². The zero-order valence-electron chi connectivity index (χ0n) is 5.93. The van der Waals surface area contributed by atoms with Crippen LogP contribution in [0.4, 0.5) is 0 Å². The van der Waals surface area contributed by atoms with Gasteiger partial charge in [0.15, 0.2) is 11.1 Å². The van der Waals surface area contributed by atoms with Crippen LogP contribution in [-0.2, 0) is 11.1 Å². The molecule has 1 rings (SSSR count). The minimum absolute atomic E-state index is 0. The summed E-state index contributed by atoms with van der Waals surface area (Å²) in [4.78, 5) is 10.4. The third-order valence-corrected chi connectivity index (χ3v) is 2.04. The molecule has 0 bridgehead atoms. The molecule has 0 heterocycles. The van der Waals surface area contributed by atoms with E-state index in [1.54, 1.807) is 0 Å². The van der Waals surface area contributed by atoms with E-state index < -0.39 is 17.0 Å². The normalized spacial score (nSPS) is 10.6. The fraction of sp³-hybridized carbons (Fsp3) is 0. The van der Waals surface area contributed by atoms with Crippen LogP contribution in [0, 0.1) is 0 Å². The van der Waals surface area contributed by atoms with Crippen LogP contribution in [0.1, 0.15) is 10.4 Å². The van der Waals surface area contributed by atoms with Crippen LogP contribution in [0.25, 0.3) is 0 Å². The Morgan fingerprint density at radius 2 is 1.71 bits per heavy atom. The van der Waals surface area contributed by atoms with Crippen molar-refractivity contribution in [2.75, 3.05) is 0 Å². The summed E-state index contributed by atoms with van der Waals surface area (Å²) >= 11 is -2.24. The summed E-state index contributed by atoms with van der Waals surface area (Å²) in [6, 6.07) is 5.60. The van der Waals surface area contributed by atoms with Gasteiger partial charge in [-0.3, -0.25) is 0 Å². The number of benzene rings is 1. The van der Waals surface area contributed by atoms with Gasteiger partial charge < -0.3 is 9.66 Å². The van der Waals surface area contributed by atoms with E-state index in [1.807, 2.05) is 0 Å². The van der Waals surface area contributed by atoms with Gasteiger partial charge >= 0.3 is 65.1 Å². The predicted molar refractivity (Wildman–Crippen MR) is 56.7 cm³/mol. The van der Waals surface area contributed by atoms with Crippen LogP contribution in [0.15, 0.2) is 29.2 Å². The summed E-state index contributed by atoms with van der Waals surface area (Å²) in [6.45, 7) is 0. The summed E-state index contributed by atoms with van der Waals surface area (Å²) in [7, 11) is 0. The van der Waals surface area contributed by atoms with E-state index in [1.165, 1.54) is 24.3 Å². The second-order valence-electron chi connectivity index (χ2n) is 2.05. The van der Waals surface area contributed by atoms with Crippen LogP contribution in [0.3, 0.4) is 0 Å². The molecule has 0 radical (unpaired) electrons. The van der Waals surface area contributed by atoms with Gasteiger partial charge in [-0.25, -0.2) is 9.00 Å². The summed E-state index contributed by atoms with van der Waals surface area (Å²) in [5, 5.41) is 8.57. The second-order valence-corrected chi connectivity index (χ2v) is 2.99. The standard InChI is InChI=1S/C7H6O4S.2Na.2H/c8-7(9)5-3-1-2-4-6(5)12(10)11;;;;/h1-4H,(H,8,9)(H,10,11);;;;. The number of hydrogen-bond acceptors (Lipinski definition) is 2. The van der Waals surface area contributed by atoms with Gasteiger partial charge in [0, 0.05) is 0 Å². The van der Waals surface area contributed by atoms with E-state index in [-0.39, 0.29) is 69.6 Å². The maximum atomic E-state index is 10.6. The molecule has 2 N–H and O–H groups in total. The summed E-state index contributed by atoms with van der Waals surface area (Å²) < 4.78 is 19.2. The Labute approximate surface area is 128 Å². The average Bonchev–Trinajstić information content (AvgIpc) is 2.04. The first-order valence-corrected chi connectivity index (χ1v) is 4.17. The molecule has 0 saturated heterocycles. The van der Waals surface area contributed by atoms with Crippen LogP contribution < -0.4 is 0 Å². The Hall–Kier alpha value is 0.800. The number of hydrogen-bond donors (Lipinski definition) is 2. The zero-order valence-corrected chi connectivity index (χ0v) is 6.75. The van der Waals surface area contributed by atoms with Crippen molar-refractivity contribution >= 4 is 76.2 Å². The first-order chi connectivity index (χ1) is 5.63. The number of carboxylic acids is 1. The molecule has 0 saturated carbocycles. The molecule has 0 aromatic heterocycles. The molecule has 0 amide bonds. The van der Waals surface area contributed by atoms with E-state index in [4.69, 9.17) is 9.66 Å². The molecular weight excluding hydrogens is 226 g/mol. The van der Waals surface area contributed by atoms with E-state index in [2.05, 4.69) is 0 Å². The molecule has 14 heavy (non-hydrogen) atoms. The van der Waals surface area contributed by atoms with Crippen molar-refractivity contribution in [3.05, 3.63) is 29.8 Å². The van der Waals surface area contributed by atoms with Crippen LogP contribution in [0.2, 0.25) is 0 Å². The third-order valence-electron chi connectivity index (χ3n) is 1.31. The molecule has 1 unspecified atom stereocenters. The van der Waals surface area contributed by atoms with Crippen LogP contribution in [0.5, 0.6) is 0 Å². The van der Waals surface area contributed by atoms with Gasteiger partial charge in [-0.1, -0.05) is 12.1 Å². The van der Waals surface area contributed by atoms with Crippen molar-refractivity contribution in [2.45, 2.75) is 4.90 Å². The summed E-state index contributed by atoms with van der Waals surface area (Å²) in [5.74, 6) is -1.20. The van der Waals surface area contributed by atoms with Crippen molar-refractivity contribution in [2.24, 2.45) is 0 Å². The Balaban J connectivity index is 0. The van der Waals surface area contributed by atoms with E-state index in [0.717, 1.165) is 0 Å². The molecule has 7 heteroatoms. The molecule has 0 spiro atoms. The Bertz CT molecular complexity index is 309. The fourth-order valence-corrected chi connectivity index (χ4v) is 1.33. The molecule has 4 nitrogen and oxygen atoms in total. The molecule has 0 aliphatic heterocycles. The predicted octanol–water partition coefficient (Wildman–Crippen LogP) is -0.332. The fourth-order valence-electron chi connectivity index (χ4n) is 0.796. The molecule has 0 fully saturated rings. The topological polar surface area (TPSA) is 74.6 Å². The average molecular weight is 234 g/mol. The second kappa shape index (κ2) is 8.01. The van der Waals surface area contributed by atoms with E-state index >= 15 is 0 Å². The van der Waals surface area contributed by atoms with Crippen molar-refractivity contribution < 1.29 is 18.7 Å². The molecular formula is C7H8Na2O4S. The Kier molecular flexibility index (Phi) is 9.84. The van der Waals surface area contributed by atoms with Gasteiger partial charge in [-0.2, -0.15) is 0 Å². The van der Waals surface area contributed by atoms with Crippen LogP contribution in [-0.4, -0.2) is 79.0 Å². The number of carboxylic acid groups (broad SMARTS) is 1. The Morgan fingerprint density at radius 1 is 1.21 bits per heavy atom. The number of rotatable bonds is 2.